The first-order valence-electron chi connectivity index (χ1n) is 11.1. The molecule has 0 aliphatic heterocycles. The molecule has 7 nitrogen and oxygen atoms in total. The molecule has 0 saturated heterocycles. The van der Waals surface area contributed by atoms with Crippen molar-refractivity contribution in [2.24, 2.45) is 0 Å². The van der Waals surface area contributed by atoms with Crippen molar-refractivity contribution in [2.45, 2.75) is 19.0 Å². The zero-order valence-corrected chi connectivity index (χ0v) is 19.2. The molecule has 2 N–H and O–H groups in total. The highest BCUT2D eigenvalue weighted by Gasteiger charge is 2.30. The molecule has 0 aliphatic rings. The van der Waals surface area contributed by atoms with Crippen LogP contribution in [0, 0.1) is 0 Å². The number of rotatable bonds is 12. The number of carbonyl (C=O) groups is 2. The Bertz CT molecular complexity index is 1030. The zero-order chi connectivity index (χ0) is 24.2. The van der Waals surface area contributed by atoms with Crippen LogP contribution >= 0.6 is 0 Å². The number of para-hydroxylation sites is 1. The number of benzene rings is 3. The fourth-order valence-corrected chi connectivity index (χ4v) is 3.52. The summed E-state index contributed by atoms with van der Waals surface area (Å²) in [5, 5.41) is 11.9. The number of carbonyl (C=O) groups excluding carboxylic acids is 2. The van der Waals surface area contributed by atoms with E-state index in [4.69, 9.17) is 9.47 Å². The maximum Gasteiger partial charge on any atom is 0.261 e. The zero-order valence-electron chi connectivity index (χ0n) is 19.2. The number of nitrogens with one attached hydrogen (secondary N) is 1. The van der Waals surface area contributed by atoms with Crippen LogP contribution in [0.5, 0.6) is 11.5 Å². The standard InChI is InChI=1S/C27H30N2O5/c1-33-23-14-12-22(13-15-23)19-29(26(31)20-34-24-10-6-3-7-11-24)25(27(32)28-16-17-30)18-21-8-4-2-5-9-21/h2-15,25,30H,16-20H2,1H3,(H,28,32)/t25-/m1/s1. The molecule has 0 aromatic heterocycles. The normalized spacial score (nSPS) is 11.4. The first-order valence-corrected chi connectivity index (χ1v) is 11.1. The molecular formula is C27H30N2O5. The minimum Gasteiger partial charge on any atom is -0.497 e. The van der Waals surface area contributed by atoms with Crippen molar-refractivity contribution in [3.8, 4) is 11.5 Å². The summed E-state index contributed by atoms with van der Waals surface area (Å²) in [4.78, 5) is 28.1. The SMILES string of the molecule is COc1ccc(CN(C(=O)COc2ccccc2)[C@H](Cc2ccccc2)C(=O)NCCO)cc1. The van der Waals surface area contributed by atoms with Crippen LogP contribution in [0.3, 0.4) is 0 Å². The monoisotopic (exact) mass is 462 g/mol. The van der Waals surface area contributed by atoms with E-state index < -0.39 is 6.04 Å². The third kappa shape index (κ3) is 7.35. The number of ether oxygens (including phenoxy) is 2. The molecule has 0 bridgehead atoms. The van der Waals surface area contributed by atoms with Crippen molar-refractivity contribution in [2.75, 3.05) is 26.9 Å². The van der Waals surface area contributed by atoms with Gasteiger partial charge in [-0.1, -0.05) is 60.7 Å². The van der Waals surface area contributed by atoms with Crippen LogP contribution in [0.1, 0.15) is 11.1 Å². The second-order valence-electron chi connectivity index (χ2n) is 7.69. The predicted octanol–water partition coefficient (Wildman–Crippen LogP) is 2.82. The smallest absolute Gasteiger partial charge is 0.261 e. The van der Waals surface area contributed by atoms with E-state index >= 15 is 0 Å². The Balaban J connectivity index is 1.88. The van der Waals surface area contributed by atoms with E-state index in [0.29, 0.717) is 17.9 Å². The van der Waals surface area contributed by atoms with Crippen molar-refractivity contribution in [1.29, 1.82) is 0 Å². The van der Waals surface area contributed by atoms with Crippen molar-refractivity contribution < 1.29 is 24.2 Å². The molecule has 0 unspecified atom stereocenters. The van der Waals surface area contributed by atoms with Crippen LogP contribution in [0.4, 0.5) is 0 Å². The highest BCUT2D eigenvalue weighted by molar-refractivity contribution is 5.88. The maximum absolute atomic E-state index is 13.4. The number of methoxy groups -OCH3 is 1. The third-order valence-corrected chi connectivity index (χ3v) is 5.30. The number of nitrogens with zero attached hydrogens (tertiary/aromatic N) is 1. The molecule has 3 rings (SSSR count). The van der Waals surface area contributed by atoms with Crippen LogP contribution in [-0.2, 0) is 22.6 Å². The summed E-state index contributed by atoms with van der Waals surface area (Å²) < 4.78 is 10.9. The van der Waals surface area contributed by atoms with Crippen LogP contribution in [0.2, 0.25) is 0 Å². The van der Waals surface area contributed by atoms with Gasteiger partial charge in [-0.15, -0.1) is 0 Å². The summed E-state index contributed by atoms with van der Waals surface area (Å²) in [6.07, 6.45) is 0.325. The second-order valence-corrected chi connectivity index (χ2v) is 7.69. The molecule has 0 saturated carbocycles. The minimum atomic E-state index is -0.789. The van der Waals surface area contributed by atoms with Crippen LogP contribution < -0.4 is 14.8 Å². The van der Waals surface area contributed by atoms with E-state index in [9.17, 15) is 14.7 Å². The number of aliphatic hydroxyl groups excluding tert-OH is 1. The Kier molecular flexibility index (Phi) is 9.49. The Labute approximate surface area is 199 Å². The van der Waals surface area contributed by atoms with Gasteiger partial charge in [0.25, 0.3) is 5.91 Å². The van der Waals surface area contributed by atoms with Gasteiger partial charge in [-0.3, -0.25) is 9.59 Å². The largest absolute Gasteiger partial charge is 0.497 e. The molecule has 3 aromatic carbocycles. The Morgan fingerprint density at radius 3 is 2.15 bits per heavy atom. The quantitative estimate of drug-likeness (QED) is 0.432. The molecule has 0 fully saturated rings. The fraction of sp³-hybridized carbons (Fsp3) is 0.259. The van der Waals surface area contributed by atoms with Gasteiger partial charge in [0.2, 0.25) is 5.91 Å². The van der Waals surface area contributed by atoms with E-state index in [1.807, 2.05) is 72.8 Å². The van der Waals surface area contributed by atoms with Gasteiger partial charge in [-0.25, -0.2) is 0 Å². The number of hydrogen-bond acceptors (Lipinski definition) is 5. The lowest BCUT2D eigenvalue weighted by Crippen LogP contribution is -2.52. The number of aliphatic hydroxyl groups is 1. The molecule has 0 aliphatic carbocycles. The molecule has 0 spiro atoms. The summed E-state index contributed by atoms with van der Waals surface area (Å²) in [6.45, 7) is -0.0771. The van der Waals surface area contributed by atoms with E-state index in [1.165, 1.54) is 4.90 Å². The van der Waals surface area contributed by atoms with Crippen molar-refractivity contribution in [1.82, 2.24) is 10.2 Å². The highest BCUT2D eigenvalue weighted by atomic mass is 16.5. The molecule has 0 heterocycles. The van der Waals surface area contributed by atoms with Crippen molar-refractivity contribution in [3.63, 3.8) is 0 Å². The summed E-state index contributed by atoms with van der Waals surface area (Å²) in [7, 11) is 1.59. The predicted molar refractivity (Wildman–Crippen MR) is 130 cm³/mol. The van der Waals surface area contributed by atoms with Gasteiger partial charge in [-0.2, -0.15) is 0 Å². The van der Waals surface area contributed by atoms with Gasteiger partial charge in [0, 0.05) is 19.5 Å². The number of hydrogen-bond donors (Lipinski definition) is 2. The lowest BCUT2D eigenvalue weighted by Gasteiger charge is -2.31. The van der Waals surface area contributed by atoms with Gasteiger partial charge in [-0.05, 0) is 35.4 Å². The first kappa shape index (κ1) is 24.8. The summed E-state index contributed by atoms with van der Waals surface area (Å²) in [5.74, 6) is 0.624. The maximum atomic E-state index is 13.4. The lowest BCUT2D eigenvalue weighted by molar-refractivity contribution is -0.142. The van der Waals surface area contributed by atoms with Gasteiger partial charge < -0.3 is 24.8 Å². The van der Waals surface area contributed by atoms with E-state index in [2.05, 4.69) is 5.32 Å². The summed E-state index contributed by atoms with van der Waals surface area (Å²) >= 11 is 0. The Morgan fingerprint density at radius 2 is 1.53 bits per heavy atom. The van der Waals surface area contributed by atoms with Crippen LogP contribution in [0.25, 0.3) is 0 Å². The molecule has 34 heavy (non-hydrogen) atoms. The minimum absolute atomic E-state index is 0.106. The molecule has 7 heteroatoms. The first-order chi connectivity index (χ1) is 16.6. The lowest BCUT2D eigenvalue weighted by atomic mass is 10.0. The summed E-state index contributed by atoms with van der Waals surface area (Å²) in [6, 6.07) is 25.2. The second kappa shape index (κ2) is 13.0. The van der Waals surface area contributed by atoms with Crippen LogP contribution in [-0.4, -0.2) is 54.7 Å². The molecule has 2 amide bonds. The van der Waals surface area contributed by atoms with Gasteiger partial charge in [0.15, 0.2) is 6.61 Å². The van der Waals surface area contributed by atoms with E-state index in [0.717, 1.165) is 11.1 Å². The van der Waals surface area contributed by atoms with Gasteiger partial charge in [0.05, 0.1) is 13.7 Å². The molecule has 3 aromatic rings. The molecule has 1 atom stereocenters. The third-order valence-electron chi connectivity index (χ3n) is 5.30. The van der Waals surface area contributed by atoms with Gasteiger partial charge in [0.1, 0.15) is 17.5 Å². The summed E-state index contributed by atoms with van der Waals surface area (Å²) in [5.41, 5.74) is 1.77. The van der Waals surface area contributed by atoms with E-state index in [1.54, 1.807) is 19.2 Å². The Hall–Kier alpha value is -3.84. The average molecular weight is 463 g/mol. The fourth-order valence-electron chi connectivity index (χ4n) is 3.52. The van der Waals surface area contributed by atoms with Crippen molar-refractivity contribution in [3.05, 3.63) is 96.1 Å². The topological polar surface area (TPSA) is 88.1 Å². The van der Waals surface area contributed by atoms with E-state index in [-0.39, 0.29) is 38.1 Å². The average Bonchev–Trinajstić information content (AvgIpc) is 2.89. The Morgan fingerprint density at radius 1 is 0.882 bits per heavy atom. The molecular weight excluding hydrogens is 432 g/mol. The van der Waals surface area contributed by atoms with Crippen molar-refractivity contribution >= 4 is 11.8 Å². The number of amides is 2. The highest BCUT2D eigenvalue weighted by Crippen LogP contribution is 2.18. The van der Waals surface area contributed by atoms with Crippen LogP contribution in [0.15, 0.2) is 84.9 Å². The molecule has 178 valence electrons. The molecule has 0 radical (unpaired) electrons. The van der Waals surface area contributed by atoms with Gasteiger partial charge >= 0.3 is 0 Å².